The maximum atomic E-state index is 13.3. The Kier molecular flexibility index (Phi) is 2.84. The Bertz CT molecular complexity index is 505. The van der Waals surface area contributed by atoms with Crippen molar-refractivity contribution in [2.75, 3.05) is 0 Å². The first-order valence-corrected chi connectivity index (χ1v) is 5.45. The summed E-state index contributed by atoms with van der Waals surface area (Å²) in [5.41, 5.74) is 1.77. The molecular formula is C13H9FS. The van der Waals surface area contributed by atoms with E-state index in [0.717, 1.165) is 10.4 Å². The quantitative estimate of drug-likeness (QED) is 0.674. The summed E-state index contributed by atoms with van der Waals surface area (Å²) in [6, 6.07) is 8.73. The van der Waals surface area contributed by atoms with Gasteiger partial charge in [0.05, 0.1) is 4.88 Å². The Labute approximate surface area is 92.4 Å². The molecule has 0 atom stereocenters. The third-order valence-electron chi connectivity index (χ3n) is 2.15. The Hall–Kier alpha value is -1.59. The lowest BCUT2D eigenvalue weighted by atomic mass is 10.1. The average Bonchev–Trinajstić information content (AvgIpc) is 2.69. The first-order chi connectivity index (χ1) is 7.29. The van der Waals surface area contributed by atoms with Crippen LogP contribution in [-0.4, -0.2) is 0 Å². The smallest absolute Gasteiger partial charge is 0.126 e. The van der Waals surface area contributed by atoms with Crippen molar-refractivity contribution >= 4 is 11.3 Å². The second kappa shape index (κ2) is 4.29. The Balaban J connectivity index is 2.23. The van der Waals surface area contributed by atoms with Gasteiger partial charge in [-0.2, -0.15) is 0 Å². The predicted molar refractivity (Wildman–Crippen MR) is 61.5 cm³/mol. The minimum Gasteiger partial charge on any atom is -0.207 e. The lowest BCUT2D eigenvalue weighted by molar-refractivity contribution is 0.614. The van der Waals surface area contributed by atoms with Crippen LogP contribution in [0.25, 0.3) is 0 Å². The summed E-state index contributed by atoms with van der Waals surface area (Å²) in [5, 5.41) is 1.97. The third-order valence-corrected chi connectivity index (χ3v) is 3.06. The van der Waals surface area contributed by atoms with E-state index in [1.165, 1.54) is 17.4 Å². The molecule has 0 amide bonds. The molecule has 15 heavy (non-hydrogen) atoms. The molecular weight excluding hydrogens is 207 g/mol. The Morgan fingerprint density at radius 3 is 2.80 bits per heavy atom. The van der Waals surface area contributed by atoms with Gasteiger partial charge in [-0.3, -0.25) is 0 Å². The van der Waals surface area contributed by atoms with E-state index < -0.39 is 0 Å². The highest BCUT2D eigenvalue weighted by Gasteiger charge is 2.03. The molecule has 0 saturated heterocycles. The fourth-order valence-electron chi connectivity index (χ4n) is 1.41. The fourth-order valence-corrected chi connectivity index (χ4v) is 2.12. The van der Waals surface area contributed by atoms with Gasteiger partial charge in [0.15, 0.2) is 0 Å². The summed E-state index contributed by atoms with van der Waals surface area (Å²) < 4.78 is 13.3. The number of thiophene rings is 1. The molecule has 1 aromatic heterocycles. The van der Waals surface area contributed by atoms with Crippen molar-refractivity contribution in [3.05, 3.63) is 57.5 Å². The van der Waals surface area contributed by atoms with Crippen molar-refractivity contribution in [2.45, 2.75) is 6.42 Å². The third kappa shape index (κ3) is 2.26. The Morgan fingerprint density at radius 1 is 1.33 bits per heavy atom. The van der Waals surface area contributed by atoms with Crippen molar-refractivity contribution in [3.63, 3.8) is 0 Å². The van der Waals surface area contributed by atoms with Crippen molar-refractivity contribution < 1.29 is 4.39 Å². The van der Waals surface area contributed by atoms with E-state index in [1.54, 1.807) is 12.1 Å². The first kappa shape index (κ1) is 9.95. The largest absolute Gasteiger partial charge is 0.207 e. The molecule has 0 aliphatic carbocycles. The summed E-state index contributed by atoms with van der Waals surface area (Å²) >= 11 is 1.52. The zero-order valence-corrected chi connectivity index (χ0v) is 8.85. The molecule has 0 bridgehead atoms. The predicted octanol–water partition coefficient (Wildman–Crippen LogP) is 3.46. The van der Waals surface area contributed by atoms with E-state index in [1.807, 2.05) is 17.5 Å². The van der Waals surface area contributed by atoms with Crippen molar-refractivity contribution in [1.29, 1.82) is 0 Å². The van der Waals surface area contributed by atoms with Crippen LogP contribution >= 0.6 is 11.3 Å². The summed E-state index contributed by atoms with van der Waals surface area (Å²) in [5.74, 6) is 2.41. The van der Waals surface area contributed by atoms with Crippen LogP contribution in [0.2, 0.25) is 0 Å². The molecule has 0 unspecified atom stereocenters. The SMILES string of the molecule is C#Cc1cc(Cc2ccccc2F)cs1. The highest BCUT2D eigenvalue weighted by atomic mass is 32.1. The number of hydrogen-bond donors (Lipinski definition) is 0. The normalized spacial score (nSPS) is 9.87. The lowest BCUT2D eigenvalue weighted by Gasteiger charge is -1.99. The summed E-state index contributed by atoms with van der Waals surface area (Å²) in [6.07, 6.45) is 5.87. The molecule has 0 radical (unpaired) electrons. The van der Waals surface area contributed by atoms with E-state index in [-0.39, 0.29) is 5.82 Å². The molecule has 0 N–H and O–H groups in total. The minimum absolute atomic E-state index is 0.161. The van der Waals surface area contributed by atoms with Gasteiger partial charge < -0.3 is 0 Å². The monoisotopic (exact) mass is 216 g/mol. The lowest BCUT2D eigenvalue weighted by Crippen LogP contribution is -1.89. The van der Waals surface area contributed by atoms with E-state index in [9.17, 15) is 4.39 Å². The minimum atomic E-state index is -0.161. The molecule has 74 valence electrons. The standard InChI is InChI=1S/C13H9FS/c1-2-12-8-10(9-15-12)7-11-5-3-4-6-13(11)14/h1,3-6,8-9H,7H2. The summed E-state index contributed by atoms with van der Waals surface area (Å²) in [4.78, 5) is 0.890. The van der Waals surface area contributed by atoms with Gasteiger partial charge in [0.1, 0.15) is 5.82 Å². The molecule has 0 saturated carbocycles. The van der Waals surface area contributed by atoms with Crippen LogP contribution in [0.15, 0.2) is 35.7 Å². The molecule has 0 fully saturated rings. The van der Waals surface area contributed by atoms with Gasteiger partial charge in [-0.05, 0) is 28.6 Å². The summed E-state index contributed by atoms with van der Waals surface area (Å²) in [7, 11) is 0. The highest BCUT2D eigenvalue weighted by molar-refractivity contribution is 7.10. The molecule has 2 rings (SSSR count). The number of rotatable bonds is 2. The molecule has 1 aromatic carbocycles. The van der Waals surface area contributed by atoms with Gasteiger partial charge in [0, 0.05) is 6.42 Å². The van der Waals surface area contributed by atoms with Crippen LogP contribution in [0.1, 0.15) is 16.0 Å². The van der Waals surface area contributed by atoms with E-state index >= 15 is 0 Å². The second-order valence-electron chi connectivity index (χ2n) is 3.23. The number of hydrogen-bond acceptors (Lipinski definition) is 1. The van der Waals surface area contributed by atoms with Crippen LogP contribution in [0.5, 0.6) is 0 Å². The maximum absolute atomic E-state index is 13.3. The summed E-state index contributed by atoms with van der Waals surface area (Å²) in [6.45, 7) is 0. The van der Waals surface area contributed by atoms with Crippen LogP contribution in [0.3, 0.4) is 0 Å². The van der Waals surface area contributed by atoms with Gasteiger partial charge in [0.2, 0.25) is 0 Å². The van der Waals surface area contributed by atoms with Crippen molar-refractivity contribution in [3.8, 4) is 12.3 Å². The molecule has 0 aliphatic rings. The van der Waals surface area contributed by atoms with Crippen molar-refractivity contribution in [1.82, 2.24) is 0 Å². The fraction of sp³-hybridized carbons (Fsp3) is 0.0769. The molecule has 0 nitrogen and oxygen atoms in total. The van der Waals surface area contributed by atoms with Gasteiger partial charge in [-0.15, -0.1) is 17.8 Å². The number of terminal acetylenes is 1. The van der Waals surface area contributed by atoms with E-state index in [2.05, 4.69) is 5.92 Å². The maximum Gasteiger partial charge on any atom is 0.126 e. The van der Waals surface area contributed by atoms with Gasteiger partial charge in [-0.25, -0.2) is 4.39 Å². The van der Waals surface area contributed by atoms with Gasteiger partial charge >= 0.3 is 0 Å². The number of halogens is 1. The zero-order valence-electron chi connectivity index (χ0n) is 8.03. The average molecular weight is 216 g/mol. The van der Waals surface area contributed by atoms with Crippen LogP contribution < -0.4 is 0 Å². The van der Waals surface area contributed by atoms with Crippen LogP contribution in [0, 0.1) is 18.2 Å². The van der Waals surface area contributed by atoms with Gasteiger partial charge in [0.25, 0.3) is 0 Å². The second-order valence-corrected chi connectivity index (χ2v) is 4.14. The van der Waals surface area contributed by atoms with Crippen LogP contribution in [0.4, 0.5) is 4.39 Å². The first-order valence-electron chi connectivity index (χ1n) is 4.57. The van der Waals surface area contributed by atoms with E-state index in [0.29, 0.717) is 12.0 Å². The van der Waals surface area contributed by atoms with Gasteiger partial charge in [-0.1, -0.05) is 24.1 Å². The number of benzene rings is 1. The molecule has 0 spiro atoms. The topological polar surface area (TPSA) is 0 Å². The Morgan fingerprint density at radius 2 is 2.13 bits per heavy atom. The van der Waals surface area contributed by atoms with Crippen LogP contribution in [-0.2, 0) is 6.42 Å². The highest BCUT2D eigenvalue weighted by Crippen LogP contribution is 2.18. The molecule has 2 aromatic rings. The zero-order chi connectivity index (χ0) is 10.7. The molecule has 0 aliphatic heterocycles. The van der Waals surface area contributed by atoms with E-state index in [4.69, 9.17) is 6.42 Å². The molecule has 1 heterocycles. The molecule has 2 heteroatoms. The van der Waals surface area contributed by atoms with Crippen molar-refractivity contribution in [2.24, 2.45) is 0 Å².